The second-order valence-corrected chi connectivity index (χ2v) is 7.45. The molecule has 3 aliphatic rings. The first-order valence-corrected chi connectivity index (χ1v) is 9.30. The van der Waals surface area contributed by atoms with Gasteiger partial charge in [-0.05, 0) is 6.07 Å². The summed E-state index contributed by atoms with van der Waals surface area (Å²) in [6, 6.07) is 1.80. The van der Waals surface area contributed by atoms with Crippen LogP contribution in [0.3, 0.4) is 0 Å². The van der Waals surface area contributed by atoms with E-state index in [-0.39, 0.29) is 17.8 Å². The molecule has 27 heavy (non-hydrogen) atoms. The summed E-state index contributed by atoms with van der Waals surface area (Å²) in [5.41, 5.74) is -0.687. The quantitative estimate of drug-likeness (QED) is 0.635. The Hall–Kier alpha value is -2.26. The van der Waals surface area contributed by atoms with Gasteiger partial charge in [0.2, 0.25) is 11.9 Å². The van der Waals surface area contributed by atoms with Gasteiger partial charge in [-0.2, -0.15) is 0 Å². The van der Waals surface area contributed by atoms with Gasteiger partial charge in [0.25, 0.3) is 0 Å². The molecule has 0 aliphatic carbocycles. The Bertz CT molecular complexity index is 694. The van der Waals surface area contributed by atoms with Gasteiger partial charge in [0.1, 0.15) is 5.41 Å². The number of ether oxygens (including phenoxy) is 2. The standard InChI is InChI=1S/C18H25N5O4/c1-26-16(25)18-12-23(9-14(18)11-27-13-18)15(24)10-21-5-7-22(8-6-21)17-19-3-2-4-20-17/h2-4,14H,5-13H2,1H3/t14-,18-/m0/s1. The Morgan fingerprint density at radius 1 is 1.26 bits per heavy atom. The predicted octanol–water partition coefficient (Wildman–Crippen LogP) is -0.753. The molecule has 1 amide bonds. The number of aromatic nitrogens is 2. The van der Waals surface area contributed by atoms with Crippen molar-refractivity contribution in [3.8, 4) is 0 Å². The van der Waals surface area contributed by atoms with Crippen LogP contribution < -0.4 is 4.90 Å². The molecule has 0 radical (unpaired) electrons. The van der Waals surface area contributed by atoms with Gasteiger partial charge >= 0.3 is 5.97 Å². The highest BCUT2D eigenvalue weighted by Crippen LogP contribution is 2.42. The molecule has 3 aliphatic heterocycles. The van der Waals surface area contributed by atoms with Crippen molar-refractivity contribution in [3.63, 3.8) is 0 Å². The minimum absolute atomic E-state index is 0.0287. The van der Waals surface area contributed by atoms with Crippen LogP contribution in [0.15, 0.2) is 18.5 Å². The zero-order valence-corrected chi connectivity index (χ0v) is 15.5. The van der Waals surface area contributed by atoms with E-state index < -0.39 is 5.41 Å². The molecule has 0 saturated carbocycles. The Kier molecular flexibility index (Phi) is 4.96. The minimum atomic E-state index is -0.687. The Morgan fingerprint density at radius 2 is 2.00 bits per heavy atom. The van der Waals surface area contributed by atoms with Gasteiger partial charge < -0.3 is 19.3 Å². The molecule has 4 rings (SSSR count). The number of rotatable bonds is 4. The number of methoxy groups -OCH3 is 1. The lowest BCUT2D eigenvalue weighted by atomic mass is 9.81. The van der Waals surface area contributed by atoms with E-state index in [1.54, 1.807) is 23.4 Å². The van der Waals surface area contributed by atoms with Crippen LogP contribution in [0, 0.1) is 11.3 Å². The summed E-state index contributed by atoms with van der Waals surface area (Å²) in [6.07, 6.45) is 3.48. The third-order valence-electron chi connectivity index (χ3n) is 5.88. The molecule has 2 atom stereocenters. The molecule has 0 aromatic carbocycles. The normalized spacial score (nSPS) is 28.3. The highest BCUT2D eigenvalue weighted by Gasteiger charge is 2.57. The van der Waals surface area contributed by atoms with Crippen LogP contribution in [-0.4, -0.2) is 97.8 Å². The van der Waals surface area contributed by atoms with Gasteiger partial charge in [-0.1, -0.05) is 0 Å². The van der Waals surface area contributed by atoms with E-state index >= 15 is 0 Å². The average Bonchev–Trinajstić information content (AvgIpc) is 3.27. The molecule has 1 aromatic heterocycles. The van der Waals surface area contributed by atoms with Crippen molar-refractivity contribution in [3.05, 3.63) is 18.5 Å². The lowest BCUT2D eigenvalue weighted by Gasteiger charge is -2.35. The number of esters is 1. The molecule has 9 nitrogen and oxygen atoms in total. The van der Waals surface area contributed by atoms with Crippen molar-refractivity contribution in [1.29, 1.82) is 0 Å². The Balaban J connectivity index is 1.31. The van der Waals surface area contributed by atoms with E-state index in [1.165, 1.54) is 7.11 Å². The molecule has 0 unspecified atom stereocenters. The van der Waals surface area contributed by atoms with Gasteiger partial charge in [-0.15, -0.1) is 0 Å². The third-order valence-corrected chi connectivity index (χ3v) is 5.88. The molecule has 3 fully saturated rings. The van der Waals surface area contributed by atoms with Gasteiger partial charge in [0.15, 0.2) is 0 Å². The zero-order valence-electron chi connectivity index (χ0n) is 15.5. The summed E-state index contributed by atoms with van der Waals surface area (Å²) in [7, 11) is 1.40. The summed E-state index contributed by atoms with van der Waals surface area (Å²) in [6.45, 7) is 5.32. The van der Waals surface area contributed by atoms with Crippen molar-refractivity contribution in [2.45, 2.75) is 0 Å². The van der Waals surface area contributed by atoms with E-state index in [0.717, 1.165) is 32.1 Å². The molecule has 0 bridgehead atoms. The van der Waals surface area contributed by atoms with Gasteiger partial charge in [-0.25, -0.2) is 9.97 Å². The van der Waals surface area contributed by atoms with Crippen LogP contribution in [0.4, 0.5) is 5.95 Å². The summed E-state index contributed by atoms with van der Waals surface area (Å²) in [5.74, 6) is 0.561. The average molecular weight is 375 g/mol. The van der Waals surface area contributed by atoms with Crippen LogP contribution in [0.25, 0.3) is 0 Å². The van der Waals surface area contributed by atoms with Crippen LogP contribution in [0.2, 0.25) is 0 Å². The number of piperazine rings is 1. The SMILES string of the molecule is COC(=O)[C@@]12COC[C@@H]1CN(C(=O)CN1CCN(c3ncccn3)CC1)C2. The van der Waals surface area contributed by atoms with E-state index in [9.17, 15) is 9.59 Å². The number of fused-ring (bicyclic) bond motifs is 1. The maximum atomic E-state index is 12.8. The fourth-order valence-corrected chi connectivity index (χ4v) is 4.27. The number of hydrogen-bond acceptors (Lipinski definition) is 8. The number of likely N-dealkylation sites (tertiary alicyclic amines) is 1. The molecule has 0 spiro atoms. The Morgan fingerprint density at radius 3 is 2.70 bits per heavy atom. The third kappa shape index (κ3) is 3.37. The van der Waals surface area contributed by atoms with Gasteiger partial charge in [0.05, 0.1) is 26.9 Å². The van der Waals surface area contributed by atoms with Gasteiger partial charge in [-0.3, -0.25) is 14.5 Å². The molecular formula is C18H25N5O4. The largest absolute Gasteiger partial charge is 0.468 e. The lowest BCUT2D eigenvalue weighted by molar-refractivity contribution is -0.153. The van der Waals surface area contributed by atoms with Crippen LogP contribution in [0.1, 0.15) is 0 Å². The van der Waals surface area contributed by atoms with Gasteiger partial charge in [0, 0.05) is 57.6 Å². The monoisotopic (exact) mass is 375 g/mol. The van der Waals surface area contributed by atoms with Crippen LogP contribution >= 0.6 is 0 Å². The molecule has 1 aromatic rings. The van der Waals surface area contributed by atoms with Crippen molar-refractivity contribution in [1.82, 2.24) is 19.8 Å². The number of anilines is 1. The molecule has 9 heteroatoms. The summed E-state index contributed by atoms with van der Waals surface area (Å²) in [5, 5.41) is 0. The van der Waals surface area contributed by atoms with E-state index in [0.29, 0.717) is 32.8 Å². The number of carbonyl (C=O) groups excluding carboxylic acids is 2. The first-order chi connectivity index (χ1) is 13.1. The van der Waals surface area contributed by atoms with Crippen LogP contribution in [0.5, 0.6) is 0 Å². The Labute approximate surface area is 158 Å². The van der Waals surface area contributed by atoms with Crippen molar-refractivity contribution >= 4 is 17.8 Å². The summed E-state index contributed by atoms with van der Waals surface area (Å²) in [4.78, 5) is 39.7. The zero-order chi connectivity index (χ0) is 18.9. The maximum absolute atomic E-state index is 12.8. The fourth-order valence-electron chi connectivity index (χ4n) is 4.27. The number of hydrogen-bond donors (Lipinski definition) is 0. The highest BCUT2D eigenvalue weighted by atomic mass is 16.5. The summed E-state index contributed by atoms with van der Waals surface area (Å²) < 4.78 is 10.5. The summed E-state index contributed by atoms with van der Waals surface area (Å²) >= 11 is 0. The number of carbonyl (C=O) groups is 2. The topological polar surface area (TPSA) is 88.1 Å². The van der Waals surface area contributed by atoms with Crippen LogP contribution in [-0.2, 0) is 19.1 Å². The predicted molar refractivity (Wildman–Crippen MR) is 96.0 cm³/mol. The van der Waals surface area contributed by atoms with Crippen molar-refractivity contribution in [2.75, 3.05) is 71.0 Å². The van der Waals surface area contributed by atoms with Crippen molar-refractivity contribution in [2.24, 2.45) is 11.3 Å². The first kappa shape index (κ1) is 18.1. The van der Waals surface area contributed by atoms with Crippen molar-refractivity contribution < 1.29 is 19.1 Å². The fraction of sp³-hybridized carbons (Fsp3) is 0.667. The first-order valence-electron chi connectivity index (χ1n) is 9.30. The lowest BCUT2D eigenvalue weighted by Crippen LogP contribution is -2.50. The molecule has 0 N–H and O–H groups in total. The molecular weight excluding hydrogens is 350 g/mol. The maximum Gasteiger partial charge on any atom is 0.316 e. The second kappa shape index (κ2) is 7.40. The van der Waals surface area contributed by atoms with E-state index in [4.69, 9.17) is 9.47 Å². The smallest absolute Gasteiger partial charge is 0.316 e. The molecule has 3 saturated heterocycles. The van der Waals surface area contributed by atoms with E-state index in [2.05, 4.69) is 19.8 Å². The number of nitrogens with zero attached hydrogens (tertiary/aromatic N) is 5. The second-order valence-electron chi connectivity index (χ2n) is 7.45. The molecule has 4 heterocycles. The highest BCUT2D eigenvalue weighted by molar-refractivity contribution is 5.83. The number of amides is 1. The minimum Gasteiger partial charge on any atom is -0.468 e. The molecule has 146 valence electrons. The van der Waals surface area contributed by atoms with E-state index in [1.807, 2.05) is 0 Å².